The Labute approximate surface area is 172 Å². The zero-order valence-corrected chi connectivity index (χ0v) is 16.4. The first-order chi connectivity index (χ1) is 14.3. The van der Waals surface area contributed by atoms with Crippen LogP contribution in [0.3, 0.4) is 0 Å². The minimum atomic E-state index is -1.45. The Hall–Kier alpha value is -2.91. The highest BCUT2D eigenvalue weighted by Gasteiger charge is 2.43. The molecule has 8 nitrogen and oxygen atoms in total. The monoisotopic (exact) mass is 414 g/mol. The van der Waals surface area contributed by atoms with Crippen LogP contribution in [0.1, 0.15) is 28.4 Å². The van der Waals surface area contributed by atoms with Crippen LogP contribution in [0.4, 0.5) is 0 Å². The van der Waals surface area contributed by atoms with E-state index in [9.17, 15) is 25.2 Å². The van der Waals surface area contributed by atoms with Gasteiger partial charge in [-0.15, -0.1) is 0 Å². The van der Waals surface area contributed by atoms with Crippen molar-refractivity contribution in [2.24, 2.45) is 0 Å². The van der Waals surface area contributed by atoms with Gasteiger partial charge in [0.25, 0.3) is 0 Å². The van der Waals surface area contributed by atoms with Gasteiger partial charge in [0.1, 0.15) is 35.6 Å². The number of Topliss-reactive ketones (excluding diaryl/α,β-unsaturated/α-hetero) is 1. The number of allylic oxidation sites excluding steroid dienone is 1. The predicted molar refractivity (Wildman–Crippen MR) is 105 cm³/mol. The Bertz CT molecular complexity index is 997. The summed E-state index contributed by atoms with van der Waals surface area (Å²) in [5.74, 6) is 0.621. The van der Waals surface area contributed by atoms with E-state index in [0.717, 1.165) is 0 Å². The Morgan fingerprint density at radius 3 is 2.40 bits per heavy atom. The average molecular weight is 414 g/mol. The SMILES string of the molecule is Cc1c(O[C@@H]2O[C@@H](C)[C@H](O)[C@H](O)[C@H]2O)ccc2c1O/C(=C\c1ccc(O)cc1)C2=O. The maximum Gasteiger partial charge on any atom is 0.231 e. The molecule has 1 fully saturated rings. The van der Waals surface area contributed by atoms with Gasteiger partial charge in [0.05, 0.1) is 11.7 Å². The summed E-state index contributed by atoms with van der Waals surface area (Å²) in [6.07, 6.45) is -4.44. The largest absolute Gasteiger partial charge is 0.508 e. The predicted octanol–water partition coefficient (Wildman–Crippen LogP) is 1.52. The van der Waals surface area contributed by atoms with E-state index >= 15 is 0 Å². The van der Waals surface area contributed by atoms with Crippen molar-refractivity contribution in [3.63, 3.8) is 0 Å². The van der Waals surface area contributed by atoms with Crippen LogP contribution in [0, 0.1) is 6.92 Å². The summed E-state index contributed by atoms with van der Waals surface area (Å²) in [4.78, 5) is 12.7. The molecule has 2 aliphatic rings. The number of carbonyl (C=O) groups excluding carboxylic acids is 1. The smallest absolute Gasteiger partial charge is 0.231 e. The molecule has 8 heteroatoms. The quantitative estimate of drug-likeness (QED) is 0.557. The molecule has 0 unspecified atom stereocenters. The highest BCUT2D eigenvalue weighted by atomic mass is 16.7. The van der Waals surface area contributed by atoms with Gasteiger partial charge >= 0.3 is 0 Å². The second-order valence-electron chi connectivity index (χ2n) is 7.40. The van der Waals surface area contributed by atoms with E-state index in [4.69, 9.17) is 14.2 Å². The van der Waals surface area contributed by atoms with Gasteiger partial charge in [0.15, 0.2) is 5.76 Å². The summed E-state index contributed by atoms with van der Waals surface area (Å²) in [5.41, 5.74) is 1.59. The van der Waals surface area contributed by atoms with Crippen LogP contribution in [0.25, 0.3) is 6.08 Å². The van der Waals surface area contributed by atoms with Crippen molar-refractivity contribution >= 4 is 11.9 Å². The number of benzene rings is 2. The number of hydrogen-bond donors (Lipinski definition) is 4. The highest BCUT2D eigenvalue weighted by molar-refractivity contribution is 6.14. The van der Waals surface area contributed by atoms with Crippen molar-refractivity contribution in [3.8, 4) is 17.2 Å². The molecule has 4 N–H and O–H groups in total. The fraction of sp³-hybridized carbons (Fsp3) is 0.318. The third kappa shape index (κ3) is 3.54. The third-order valence-electron chi connectivity index (χ3n) is 5.28. The van der Waals surface area contributed by atoms with Gasteiger partial charge in [0.2, 0.25) is 12.1 Å². The number of hydrogen-bond acceptors (Lipinski definition) is 8. The van der Waals surface area contributed by atoms with Crippen LogP contribution in [0.2, 0.25) is 0 Å². The zero-order valence-electron chi connectivity index (χ0n) is 16.4. The van der Waals surface area contributed by atoms with Crippen LogP contribution in [0.15, 0.2) is 42.2 Å². The lowest BCUT2D eigenvalue weighted by Crippen LogP contribution is -2.58. The first-order valence-electron chi connectivity index (χ1n) is 9.49. The lowest BCUT2D eigenvalue weighted by atomic mass is 10.00. The summed E-state index contributed by atoms with van der Waals surface area (Å²) in [6, 6.07) is 9.47. The van der Waals surface area contributed by atoms with Gasteiger partial charge in [-0.2, -0.15) is 0 Å². The fourth-order valence-corrected chi connectivity index (χ4v) is 3.45. The Morgan fingerprint density at radius 2 is 1.70 bits per heavy atom. The number of phenolic OH excluding ortho intramolecular Hbond substituents is 1. The minimum Gasteiger partial charge on any atom is -0.508 e. The zero-order chi connectivity index (χ0) is 21.6. The third-order valence-corrected chi connectivity index (χ3v) is 5.28. The molecule has 2 heterocycles. The van der Waals surface area contributed by atoms with Crippen LogP contribution in [0.5, 0.6) is 17.2 Å². The number of ketones is 1. The van der Waals surface area contributed by atoms with Crippen molar-refractivity contribution < 1.29 is 39.4 Å². The molecule has 0 bridgehead atoms. The fourth-order valence-electron chi connectivity index (χ4n) is 3.45. The van der Waals surface area contributed by atoms with Crippen molar-refractivity contribution in [2.75, 3.05) is 0 Å². The summed E-state index contributed by atoms with van der Waals surface area (Å²) in [6.45, 7) is 3.27. The number of aliphatic hydroxyl groups is 3. The van der Waals surface area contributed by atoms with E-state index < -0.39 is 30.7 Å². The van der Waals surface area contributed by atoms with E-state index in [1.165, 1.54) is 12.1 Å². The maximum atomic E-state index is 12.7. The van der Waals surface area contributed by atoms with E-state index in [1.54, 1.807) is 44.2 Å². The molecule has 1 saturated heterocycles. The van der Waals surface area contributed by atoms with Crippen molar-refractivity contribution in [3.05, 3.63) is 58.8 Å². The molecular weight excluding hydrogens is 392 g/mol. The van der Waals surface area contributed by atoms with Gasteiger partial charge in [-0.1, -0.05) is 12.1 Å². The number of rotatable bonds is 3. The topological polar surface area (TPSA) is 126 Å². The molecule has 0 amide bonds. The molecule has 2 aliphatic heterocycles. The number of phenols is 1. The number of aromatic hydroxyl groups is 1. The first kappa shape index (κ1) is 20.4. The first-order valence-corrected chi connectivity index (χ1v) is 9.49. The normalized spacial score (nSPS) is 29.6. The number of carbonyl (C=O) groups is 1. The number of ether oxygens (including phenoxy) is 3. The maximum absolute atomic E-state index is 12.7. The number of fused-ring (bicyclic) bond motifs is 1. The number of aliphatic hydroxyl groups excluding tert-OH is 3. The Kier molecular flexibility index (Phi) is 5.25. The van der Waals surface area contributed by atoms with Gasteiger partial charge < -0.3 is 34.6 Å². The van der Waals surface area contributed by atoms with E-state index in [1.807, 2.05) is 0 Å². The van der Waals surface area contributed by atoms with Crippen molar-refractivity contribution in [1.82, 2.24) is 0 Å². The molecule has 2 aromatic carbocycles. The standard InChI is InChI=1S/C22H22O8/c1-10-15(30-22-20(27)19(26)17(24)11(2)28-22)8-7-14-18(25)16(29-21(10)14)9-12-3-5-13(23)6-4-12/h3-9,11,17,19-20,22-24,26-27H,1-2H3/b16-9-/t11-,17-,19-,20+,22-/m0/s1. The Morgan fingerprint density at radius 1 is 1.00 bits per heavy atom. The van der Waals surface area contributed by atoms with Gasteiger partial charge in [-0.3, -0.25) is 4.79 Å². The molecule has 2 aromatic rings. The van der Waals surface area contributed by atoms with E-state index in [0.29, 0.717) is 28.2 Å². The second-order valence-corrected chi connectivity index (χ2v) is 7.40. The van der Waals surface area contributed by atoms with Gasteiger partial charge in [0, 0.05) is 5.56 Å². The minimum absolute atomic E-state index is 0.121. The lowest BCUT2D eigenvalue weighted by molar-refractivity contribution is -0.268. The summed E-state index contributed by atoms with van der Waals surface area (Å²) in [7, 11) is 0. The van der Waals surface area contributed by atoms with E-state index in [2.05, 4.69) is 0 Å². The van der Waals surface area contributed by atoms with Crippen LogP contribution in [-0.2, 0) is 4.74 Å². The van der Waals surface area contributed by atoms with Crippen LogP contribution in [-0.4, -0.2) is 56.9 Å². The molecule has 0 aliphatic carbocycles. The van der Waals surface area contributed by atoms with Crippen LogP contribution < -0.4 is 9.47 Å². The molecular formula is C22H22O8. The molecule has 158 valence electrons. The van der Waals surface area contributed by atoms with Crippen molar-refractivity contribution in [1.29, 1.82) is 0 Å². The summed E-state index contributed by atoms with van der Waals surface area (Å²) < 4.78 is 17.0. The summed E-state index contributed by atoms with van der Waals surface area (Å²) in [5, 5.41) is 39.3. The Balaban J connectivity index is 1.58. The lowest BCUT2D eigenvalue weighted by Gasteiger charge is -2.39. The highest BCUT2D eigenvalue weighted by Crippen LogP contribution is 2.40. The second kappa shape index (κ2) is 7.73. The summed E-state index contributed by atoms with van der Waals surface area (Å²) >= 11 is 0. The molecule has 0 aromatic heterocycles. The molecule has 30 heavy (non-hydrogen) atoms. The van der Waals surface area contributed by atoms with Crippen LogP contribution >= 0.6 is 0 Å². The average Bonchev–Trinajstić information content (AvgIpc) is 3.04. The molecule has 0 radical (unpaired) electrons. The molecule has 4 rings (SSSR count). The van der Waals surface area contributed by atoms with E-state index in [-0.39, 0.29) is 17.3 Å². The molecule has 0 saturated carbocycles. The molecule has 0 spiro atoms. The van der Waals surface area contributed by atoms with Gasteiger partial charge in [-0.05, 0) is 49.8 Å². The van der Waals surface area contributed by atoms with Crippen molar-refractivity contribution in [2.45, 2.75) is 44.6 Å². The molecule has 5 atom stereocenters. The van der Waals surface area contributed by atoms with Gasteiger partial charge in [-0.25, -0.2) is 0 Å².